The minimum atomic E-state index is -0.768. The lowest BCUT2D eigenvalue weighted by molar-refractivity contribution is -0.122. The molecule has 3 heterocycles. The molecule has 0 N–H and O–H groups in total. The molecular formula is C23H27N3O3. The van der Waals surface area contributed by atoms with Crippen molar-refractivity contribution in [2.75, 3.05) is 58.5 Å². The Kier molecular flexibility index (Phi) is 4.29. The quantitative estimate of drug-likeness (QED) is 0.800. The molecule has 0 saturated carbocycles. The van der Waals surface area contributed by atoms with E-state index in [0.29, 0.717) is 13.3 Å². The Hall–Kier alpha value is -2.57. The average Bonchev–Trinajstić information content (AvgIpc) is 3.21. The zero-order valence-electron chi connectivity index (χ0n) is 17.3. The van der Waals surface area contributed by atoms with E-state index in [1.54, 1.807) is 7.11 Å². The fourth-order valence-electron chi connectivity index (χ4n) is 4.86. The summed E-state index contributed by atoms with van der Waals surface area (Å²) in [5.74, 6) is 1.65. The SMILES string of the molecule is COc1cc2c(cc1C)C1(CO2)C(=O)N(CN2CCN(C)CC2)c2ccccc21. The van der Waals surface area contributed by atoms with Crippen LogP contribution in [-0.2, 0) is 10.2 Å². The van der Waals surface area contributed by atoms with Crippen LogP contribution in [0.3, 0.4) is 0 Å². The normalized spacial score (nSPS) is 24.0. The molecule has 0 aliphatic carbocycles. The van der Waals surface area contributed by atoms with E-state index >= 15 is 0 Å². The summed E-state index contributed by atoms with van der Waals surface area (Å²) in [7, 11) is 3.80. The van der Waals surface area contributed by atoms with Crippen LogP contribution in [0.2, 0.25) is 0 Å². The number of methoxy groups -OCH3 is 1. The van der Waals surface area contributed by atoms with Crippen LogP contribution in [0, 0.1) is 6.92 Å². The summed E-state index contributed by atoms with van der Waals surface area (Å²) in [5.41, 5.74) is 3.24. The van der Waals surface area contributed by atoms with Crippen molar-refractivity contribution in [3.05, 3.63) is 53.1 Å². The van der Waals surface area contributed by atoms with E-state index in [0.717, 1.165) is 60.1 Å². The molecule has 3 aliphatic rings. The average molecular weight is 393 g/mol. The minimum absolute atomic E-state index is 0.112. The summed E-state index contributed by atoms with van der Waals surface area (Å²) >= 11 is 0. The monoisotopic (exact) mass is 393 g/mol. The van der Waals surface area contributed by atoms with Crippen LogP contribution < -0.4 is 14.4 Å². The number of fused-ring (bicyclic) bond motifs is 4. The molecule has 29 heavy (non-hydrogen) atoms. The largest absolute Gasteiger partial charge is 0.496 e. The molecule has 2 aromatic rings. The molecule has 1 spiro atoms. The smallest absolute Gasteiger partial charge is 0.246 e. The van der Waals surface area contributed by atoms with Crippen LogP contribution in [0.25, 0.3) is 0 Å². The van der Waals surface area contributed by atoms with Crippen molar-refractivity contribution in [3.63, 3.8) is 0 Å². The number of rotatable bonds is 3. The van der Waals surface area contributed by atoms with Gasteiger partial charge in [-0.2, -0.15) is 0 Å². The van der Waals surface area contributed by atoms with Gasteiger partial charge < -0.3 is 14.4 Å². The second-order valence-corrected chi connectivity index (χ2v) is 8.33. The van der Waals surface area contributed by atoms with E-state index in [2.05, 4.69) is 35.0 Å². The summed E-state index contributed by atoms with van der Waals surface area (Å²) in [4.78, 5) is 20.6. The number of amides is 1. The molecular weight excluding hydrogens is 366 g/mol. The molecule has 1 fully saturated rings. The highest BCUT2D eigenvalue weighted by Gasteiger charge is 2.57. The van der Waals surface area contributed by atoms with Crippen LogP contribution in [0.1, 0.15) is 16.7 Å². The summed E-state index contributed by atoms with van der Waals surface area (Å²) in [6, 6.07) is 12.1. The highest BCUT2D eigenvalue weighted by molar-refractivity contribution is 6.11. The van der Waals surface area contributed by atoms with Crippen LogP contribution >= 0.6 is 0 Å². The predicted molar refractivity (Wildman–Crippen MR) is 112 cm³/mol. The topological polar surface area (TPSA) is 45.3 Å². The molecule has 3 aliphatic heterocycles. The van der Waals surface area contributed by atoms with E-state index in [1.165, 1.54) is 0 Å². The number of piperazine rings is 1. The van der Waals surface area contributed by atoms with Gasteiger partial charge in [0, 0.05) is 43.5 Å². The van der Waals surface area contributed by atoms with E-state index in [4.69, 9.17) is 9.47 Å². The standard InChI is InChI=1S/C23H27N3O3/c1-16-12-18-21(13-20(16)28-3)29-14-23(18)17-6-4-5-7-19(17)26(22(23)27)15-25-10-8-24(2)9-11-25/h4-7,12-13H,8-11,14-15H2,1-3H3. The van der Waals surface area contributed by atoms with Crippen LogP contribution in [0.5, 0.6) is 11.5 Å². The number of anilines is 1. The Morgan fingerprint density at radius 3 is 2.62 bits per heavy atom. The maximum Gasteiger partial charge on any atom is 0.246 e. The second kappa shape index (κ2) is 6.75. The first kappa shape index (κ1) is 18.5. The van der Waals surface area contributed by atoms with Crippen LogP contribution in [0.15, 0.2) is 36.4 Å². The van der Waals surface area contributed by atoms with Gasteiger partial charge in [0.25, 0.3) is 0 Å². The van der Waals surface area contributed by atoms with Gasteiger partial charge in [0.15, 0.2) is 0 Å². The number of hydrogen-bond donors (Lipinski definition) is 0. The van der Waals surface area contributed by atoms with E-state index in [-0.39, 0.29) is 5.91 Å². The summed E-state index contributed by atoms with van der Waals surface area (Å²) < 4.78 is 11.5. The predicted octanol–water partition coefficient (Wildman–Crippen LogP) is 2.23. The minimum Gasteiger partial charge on any atom is -0.496 e. The van der Waals surface area contributed by atoms with Crippen molar-refractivity contribution in [3.8, 4) is 11.5 Å². The maximum absolute atomic E-state index is 13.9. The highest BCUT2D eigenvalue weighted by Crippen LogP contribution is 2.53. The number of para-hydroxylation sites is 1. The van der Waals surface area contributed by atoms with Gasteiger partial charge in [-0.25, -0.2) is 0 Å². The third kappa shape index (κ3) is 2.66. The number of carbonyl (C=O) groups excluding carboxylic acids is 1. The van der Waals surface area contributed by atoms with Crippen molar-refractivity contribution in [2.45, 2.75) is 12.3 Å². The summed E-state index contributed by atoms with van der Waals surface area (Å²) in [5, 5.41) is 0. The van der Waals surface area contributed by atoms with Crippen molar-refractivity contribution in [1.29, 1.82) is 0 Å². The summed E-state index contributed by atoms with van der Waals surface area (Å²) in [6.45, 7) is 6.97. The Morgan fingerprint density at radius 2 is 1.86 bits per heavy atom. The van der Waals surface area contributed by atoms with E-state index in [1.807, 2.05) is 30.0 Å². The van der Waals surface area contributed by atoms with Gasteiger partial charge in [-0.05, 0) is 37.2 Å². The molecule has 1 amide bonds. The lowest BCUT2D eigenvalue weighted by Gasteiger charge is -2.35. The number of nitrogens with zero attached hydrogens (tertiary/aromatic N) is 3. The van der Waals surface area contributed by atoms with Gasteiger partial charge in [0.05, 0.1) is 13.8 Å². The van der Waals surface area contributed by atoms with Crippen molar-refractivity contribution in [1.82, 2.24) is 9.80 Å². The zero-order chi connectivity index (χ0) is 20.2. The second-order valence-electron chi connectivity index (χ2n) is 8.33. The zero-order valence-corrected chi connectivity index (χ0v) is 17.3. The highest BCUT2D eigenvalue weighted by atomic mass is 16.5. The van der Waals surface area contributed by atoms with Gasteiger partial charge in [-0.3, -0.25) is 14.6 Å². The lowest BCUT2D eigenvalue weighted by Crippen LogP contribution is -2.51. The Labute approximate surface area is 171 Å². The van der Waals surface area contributed by atoms with Gasteiger partial charge in [-0.1, -0.05) is 18.2 Å². The van der Waals surface area contributed by atoms with Crippen LogP contribution in [0.4, 0.5) is 5.69 Å². The number of ether oxygens (including phenoxy) is 2. The van der Waals surface area contributed by atoms with Crippen molar-refractivity contribution < 1.29 is 14.3 Å². The van der Waals surface area contributed by atoms with E-state index < -0.39 is 5.41 Å². The number of benzene rings is 2. The van der Waals surface area contributed by atoms with Crippen molar-refractivity contribution >= 4 is 11.6 Å². The molecule has 0 radical (unpaired) electrons. The fourth-order valence-corrected chi connectivity index (χ4v) is 4.86. The number of carbonyl (C=O) groups is 1. The first-order valence-electron chi connectivity index (χ1n) is 10.2. The van der Waals surface area contributed by atoms with Gasteiger partial charge in [0.1, 0.15) is 23.5 Å². The first-order valence-corrected chi connectivity index (χ1v) is 10.2. The maximum atomic E-state index is 13.9. The number of hydrogen-bond acceptors (Lipinski definition) is 5. The van der Waals surface area contributed by atoms with Gasteiger partial charge in [-0.15, -0.1) is 0 Å². The molecule has 6 nitrogen and oxygen atoms in total. The number of likely N-dealkylation sites (N-methyl/N-ethyl adjacent to an activating group) is 1. The fraction of sp³-hybridized carbons (Fsp3) is 0.435. The molecule has 5 rings (SSSR count). The molecule has 152 valence electrons. The molecule has 1 atom stereocenters. The molecule has 0 bridgehead atoms. The summed E-state index contributed by atoms with van der Waals surface area (Å²) in [6.07, 6.45) is 0. The third-order valence-corrected chi connectivity index (χ3v) is 6.60. The lowest BCUT2D eigenvalue weighted by atomic mass is 9.76. The molecule has 6 heteroatoms. The first-order chi connectivity index (χ1) is 14.0. The van der Waals surface area contributed by atoms with E-state index in [9.17, 15) is 4.79 Å². The third-order valence-electron chi connectivity index (χ3n) is 6.60. The molecule has 0 aromatic heterocycles. The Morgan fingerprint density at radius 1 is 1.10 bits per heavy atom. The Balaban J connectivity index is 1.56. The molecule has 1 unspecified atom stereocenters. The van der Waals surface area contributed by atoms with Gasteiger partial charge >= 0.3 is 0 Å². The Bertz CT molecular complexity index is 968. The van der Waals surface area contributed by atoms with Crippen molar-refractivity contribution in [2.24, 2.45) is 0 Å². The molecule has 2 aromatic carbocycles. The van der Waals surface area contributed by atoms with Gasteiger partial charge in [0.2, 0.25) is 5.91 Å². The molecule has 1 saturated heterocycles. The van der Waals surface area contributed by atoms with Crippen LogP contribution in [-0.4, -0.2) is 69.3 Å². The number of aryl methyl sites for hydroxylation is 1.